The summed E-state index contributed by atoms with van der Waals surface area (Å²) in [6.07, 6.45) is 3.79. The Bertz CT molecular complexity index is 527. The summed E-state index contributed by atoms with van der Waals surface area (Å²) in [5, 5.41) is 3.45. The Hall–Kier alpha value is -1.32. The molecule has 0 fully saturated rings. The van der Waals surface area contributed by atoms with Crippen LogP contribution in [0, 0.1) is 0 Å². The molecule has 0 spiro atoms. The van der Waals surface area contributed by atoms with Gasteiger partial charge in [0.1, 0.15) is 0 Å². The number of fused-ring (bicyclic) bond motifs is 1. The molecule has 2 heterocycles. The van der Waals surface area contributed by atoms with Crippen LogP contribution in [0.25, 0.3) is 0 Å². The zero-order valence-corrected chi connectivity index (χ0v) is 11.2. The highest BCUT2D eigenvalue weighted by molar-refractivity contribution is 7.99. The number of nitrogens with zero attached hydrogens (tertiary/aromatic N) is 1. The second-order valence-corrected chi connectivity index (χ2v) is 5.57. The van der Waals surface area contributed by atoms with Crippen molar-refractivity contribution in [3.63, 3.8) is 0 Å². The number of likely N-dealkylation sites (N-methyl/N-ethyl adjacent to an activating group) is 1. The Labute approximate surface area is 112 Å². The van der Waals surface area contributed by atoms with Crippen LogP contribution >= 0.6 is 11.8 Å². The summed E-state index contributed by atoms with van der Waals surface area (Å²) < 4.78 is 0. The van der Waals surface area contributed by atoms with Gasteiger partial charge >= 0.3 is 0 Å². The van der Waals surface area contributed by atoms with Crippen LogP contribution in [0.2, 0.25) is 0 Å². The predicted molar refractivity (Wildman–Crippen MR) is 75.9 cm³/mol. The summed E-state index contributed by atoms with van der Waals surface area (Å²) in [6.45, 7) is 0. The average Bonchev–Trinajstić information content (AvgIpc) is 2.85. The van der Waals surface area contributed by atoms with Gasteiger partial charge in [0, 0.05) is 35.0 Å². The van der Waals surface area contributed by atoms with Crippen molar-refractivity contribution in [3.05, 3.63) is 59.9 Å². The molecule has 18 heavy (non-hydrogen) atoms. The molecule has 1 N–H and O–H groups in total. The van der Waals surface area contributed by atoms with Crippen LogP contribution in [-0.4, -0.2) is 17.8 Å². The first-order valence-corrected chi connectivity index (χ1v) is 7.17. The van der Waals surface area contributed by atoms with Crippen LogP contribution in [-0.2, 0) is 0 Å². The number of hydrogen-bond donors (Lipinski definition) is 1. The average molecular weight is 256 g/mol. The molecule has 0 aliphatic carbocycles. The number of aromatic nitrogens is 1. The van der Waals surface area contributed by atoms with E-state index in [1.165, 1.54) is 16.0 Å². The zero-order chi connectivity index (χ0) is 12.4. The van der Waals surface area contributed by atoms with E-state index in [1.54, 1.807) is 0 Å². The molecule has 2 atom stereocenters. The van der Waals surface area contributed by atoms with E-state index in [-0.39, 0.29) is 0 Å². The molecule has 1 aliphatic heterocycles. The molecular formula is C15H16N2S. The zero-order valence-electron chi connectivity index (χ0n) is 10.3. The summed E-state index contributed by atoms with van der Waals surface area (Å²) in [7, 11) is 2.03. The molecule has 2 aromatic rings. The Balaban J connectivity index is 1.95. The fourth-order valence-electron chi connectivity index (χ4n) is 2.62. The van der Waals surface area contributed by atoms with E-state index in [0.717, 1.165) is 5.75 Å². The van der Waals surface area contributed by atoms with Crippen molar-refractivity contribution in [2.45, 2.75) is 16.9 Å². The van der Waals surface area contributed by atoms with Gasteiger partial charge < -0.3 is 5.32 Å². The SMILES string of the molecule is CNC(c1cccnc1)C1CSc2ccccc21. The van der Waals surface area contributed by atoms with Gasteiger partial charge in [0.05, 0.1) is 0 Å². The smallest absolute Gasteiger partial charge is 0.0411 e. The molecule has 92 valence electrons. The topological polar surface area (TPSA) is 24.9 Å². The van der Waals surface area contributed by atoms with Crippen molar-refractivity contribution < 1.29 is 0 Å². The number of hydrogen-bond acceptors (Lipinski definition) is 3. The van der Waals surface area contributed by atoms with Crippen molar-refractivity contribution in [1.82, 2.24) is 10.3 Å². The van der Waals surface area contributed by atoms with Gasteiger partial charge in [-0.2, -0.15) is 0 Å². The highest BCUT2D eigenvalue weighted by Gasteiger charge is 2.30. The highest BCUT2D eigenvalue weighted by atomic mass is 32.2. The number of benzene rings is 1. The molecule has 0 saturated carbocycles. The van der Waals surface area contributed by atoms with Crippen LogP contribution < -0.4 is 5.32 Å². The third kappa shape index (κ3) is 2.04. The lowest BCUT2D eigenvalue weighted by Gasteiger charge is -2.23. The van der Waals surface area contributed by atoms with E-state index in [1.807, 2.05) is 37.3 Å². The van der Waals surface area contributed by atoms with Crippen molar-refractivity contribution in [3.8, 4) is 0 Å². The minimum Gasteiger partial charge on any atom is -0.312 e. The molecular weight excluding hydrogens is 240 g/mol. The predicted octanol–water partition coefficient (Wildman–Crippen LogP) is 3.23. The molecule has 2 unspecified atom stereocenters. The Morgan fingerprint density at radius 1 is 1.28 bits per heavy atom. The second kappa shape index (κ2) is 5.12. The lowest BCUT2D eigenvalue weighted by atomic mass is 9.89. The molecule has 2 nitrogen and oxygen atoms in total. The van der Waals surface area contributed by atoms with Crippen LogP contribution in [0.5, 0.6) is 0 Å². The monoisotopic (exact) mass is 256 g/mol. The van der Waals surface area contributed by atoms with E-state index in [0.29, 0.717) is 12.0 Å². The third-order valence-corrected chi connectivity index (χ3v) is 4.70. The molecule has 1 aromatic heterocycles. The van der Waals surface area contributed by atoms with Crippen LogP contribution in [0.1, 0.15) is 23.1 Å². The molecule has 0 amide bonds. The first-order chi connectivity index (χ1) is 8.90. The fourth-order valence-corrected chi connectivity index (χ4v) is 3.92. The maximum absolute atomic E-state index is 4.23. The van der Waals surface area contributed by atoms with E-state index < -0.39 is 0 Å². The minimum atomic E-state index is 0.342. The molecule has 0 radical (unpaired) electrons. The third-order valence-electron chi connectivity index (χ3n) is 3.49. The van der Waals surface area contributed by atoms with Crippen molar-refractivity contribution in [2.75, 3.05) is 12.8 Å². The maximum Gasteiger partial charge on any atom is 0.0411 e. The number of rotatable bonds is 3. The Morgan fingerprint density at radius 3 is 2.94 bits per heavy atom. The Morgan fingerprint density at radius 2 is 2.17 bits per heavy atom. The summed E-state index contributed by atoms with van der Waals surface area (Å²) in [5.41, 5.74) is 2.73. The van der Waals surface area contributed by atoms with Crippen molar-refractivity contribution in [2.24, 2.45) is 0 Å². The van der Waals surface area contributed by atoms with E-state index >= 15 is 0 Å². The van der Waals surface area contributed by atoms with Gasteiger partial charge in [-0.1, -0.05) is 24.3 Å². The fraction of sp³-hybridized carbons (Fsp3) is 0.267. The molecule has 0 bridgehead atoms. The summed E-state index contributed by atoms with van der Waals surface area (Å²) >= 11 is 1.95. The molecule has 1 aliphatic rings. The quantitative estimate of drug-likeness (QED) is 0.912. The van der Waals surface area contributed by atoms with Gasteiger partial charge in [0.2, 0.25) is 0 Å². The van der Waals surface area contributed by atoms with E-state index in [4.69, 9.17) is 0 Å². The summed E-state index contributed by atoms with van der Waals surface area (Å²) in [5.74, 6) is 1.67. The van der Waals surface area contributed by atoms with Crippen molar-refractivity contribution in [1.29, 1.82) is 0 Å². The number of thioether (sulfide) groups is 1. The Kier molecular flexibility index (Phi) is 3.35. The van der Waals surface area contributed by atoms with Gasteiger partial charge in [-0.05, 0) is 30.3 Å². The van der Waals surface area contributed by atoms with Gasteiger partial charge in [-0.3, -0.25) is 4.98 Å². The summed E-state index contributed by atoms with van der Waals surface area (Å²) in [6, 6.07) is 13.2. The molecule has 0 saturated heterocycles. The lowest BCUT2D eigenvalue weighted by molar-refractivity contribution is 0.513. The largest absolute Gasteiger partial charge is 0.312 e. The second-order valence-electron chi connectivity index (χ2n) is 4.51. The first kappa shape index (κ1) is 11.8. The van der Waals surface area contributed by atoms with Crippen LogP contribution in [0.3, 0.4) is 0 Å². The maximum atomic E-state index is 4.23. The first-order valence-electron chi connectivity index (χ1n) is 6.19. The van der Waals surface area contributed by atoms with Crippen molar-refractivity contribution >= 4 is 11.8 Å². The highest BCUT2D eigenvalue weighted by Crippen LogP contribution is 2.45. The lowest BCUT2D eigenvalue weighted by Crippen LogP contribution is -2.24. The van der Waals surface area contributed by atoms with Gasteiger partial charge in [-0.15, -0.1) is 11.8 Å². The van der Waals surface area contributed by atoms with Gasteiger partial charge in [0.15, 0.2) is 0 Å². The molecule has 3 heteroatoms. The molecule has 1 aromatic carbocycles. The normalized spacial score (nSPS) is 19.5. The molecule has 3 rings (SSSR count). The van der Waals surface area contributed by atoms with Gasteiger partial charge in [-0.25, -0.2) is 0 Å². The van der Waals surface area contributed by atoms with E-state index in [9.17, 15) is 0 Å². The minimum absolute atomic E-state index is 0.342. The number of nitrogens with one attached hydrogen (secondary N) is 1. The van der Waals surface area contributed by atoms with Crippen LogP contribution in [0.4, 0.5) is 0 Å². The van der Waals surface area contributed by atoms with Crippen LogP contribution in [0.15, 0.2) is 53.7 Å². The van der Waals surface area contributed by atoms with Gasteiger partial charge in [0.25, 0.3) is 0 Å². The van der Waals surface area contributed by atoms with E-state index in [2.05, 4.69) is 40.6 Å². The summed E-state index contributed by atoms with van der Waals surface area (Å²) in [4.78, 5) is 5.66. The number of pyridine rings is 1. The standard InChI is InChI=1S/C15H16N2S/c1-16-15(11-5-4-8-17-9-11)13-10-18-14-7-3-2-6-12(13)14/h2-9,13,15-16H,10H2,1H3.